The lowest BCUT2D eigenvalue weighted by atomic mass is 9.96. The van der Waals surface area contributed by atoms with Gasteiger partial charge in [0, 0.05) is 11.1 Å². The van der Waals surface area contributed by atoms with Gasteiger partial charge in [-0.2, -0.15) is 0 Å². The molecule has 2 aliphatic rings. The van der Waals surface area contributed by atoms with Crippen molar-refractivity contribution in [3.63, 3.8) is 0 Å². The molecule has 22 heavy (non-hydrogen) atoms. The van der Waals surface area contributed by atoms with Crippen LogP contribution in [0.5, 0.6) is 0 Å². The van der Waals surface area contributed by atoms with E-state index in [4.69, 9.17) is 9.47 Å². The normalized spacial score (nSPS) is 15.5. The first-order valence-electron chi connectivity index (χ1n) is 7.20. The van der Waals surface area contributed by atoms with E-state index >= 15 is 0 Å². The summed E-state index contributed by atoms with van der Waals surface area (Å²) in [5.41, 5.74) is 4.98. The average molecular weight is 294 g/mol. The van der Waals surface area contributed by atoms with E-state index in [2.05, 4.69) is 0 Å². The molecule has 0 bridgehead atoms. The first kappa shape index (κ1) is 13.4. The van der Waals surface area contributed by atoms with E-state index in [9.17, 15) is 9.59 Å². The molecule has 4 heteroatoms. The second kappa shape index (κ2) is 5.16. The summed E-state index contributed by atoms with van der Waals surface area (Å²) in [6, 6.07) is 10.6. The fraction of sp³-hybridized carbons (Fsp3) is 0.222. The lowest BCUT2D eigenvalue weighted by Crippen LogP contribution is -2.15. The summed E-state index contributed by atoms with van der Waals surface area (Å²) in [5, 5.41) is 0. The highest BCUT2D eigenvalue weighted by molar-refractivity contribution is 6.49. The summed E-state index contributed by atoms with van der Waals surface area (Å²) >= 11 is 0. The minimum atomic E-state index is -0.478. The van der Waals surface area contributed by atoms with Gasteiger partial charge in [0.05, 0.1) is 26.4 Å². The van der Waals surface area contributed by atoms with Crippen LogP contribution in [0.15, 0.2) is 36.4 Å². The molecule has 0 saturated heterocycles. The van der Waals surface area contributed by atoms with Crippen LogP contribution in [0.3, 0.4) is 0 Å². The summed E-state index contributed by atoms with van der Waals surface area (Å²) in [6.45, 7) is 2.15. The Kier molecular flexibility index (Phi) is 3.13. The van der Waals surface area contributed by atoms with Gasteiger partial charge in [0.25, 0.3) is 0 Å². The predicted molar refractivity (Wildman–Crippen MR) is 78.5 cm³/mol. The molecule has 2 aliphatic heterocycles. The Morgan fingerprint density at radius 2 is 1.05 bits per heavy atom. The van der Waals surface area contributed by atoms with Crippen LogP contribution in [0.4, 0.5) is 0 Å². The van der Waals surface area contributed by atoms with E-state index in [1.165, 1.54) is 0 Å². The molecule has 2 aromatic rings. The highest BCUT2D eigenvalue weighted by Gasteiger charge is 2.22. The van der Waals surface area contributed by atoms with E-state index in [0.717, 1.165) is 22.3 Å². The monoisotopic (exact) mass is 294 g/mol. The minimum absolute atomic E-state index is 0.422. The Hall–Kier alpha value is -2.30. The van der Waals surface area contributed by atoms with E-state index in [-0.39, 0.29) is 0 Å². The number of Topliss-reactive ketones (excluding diaryl/α,β-unsaturated/α-hetero) is 2. The van der Waals surface area contributed by atoms with Gasteiger partial charge in [0.1, 0.15) is 0 Å². The Labute approximate surface area is 127 Å². The van der Waals surface area contributed by atoms with Crippen LogP contribution >= 0.6 is 0 Å². The van der Waals surface area contributed by atoms with Gasteiger partial charge in [-0.15, -0.1) is 0 Å². The maximum atomic E-state index is 12.4. The molecule has 110 valence electrons. The first-order chi connectivity index (χ1) is 10.7. The van der Waals surface area contributed by atoms with Gasteiger partial charge in [0.15, 0.2) is 0 Å². The lowest BCUT2D eigenvalue weighted by Gasteiger charge is -2.05. The first-order valence-corrected chi connectivity index (χ1v) is 7.20. The highest BCUT2D eigenvalue weighted by atomic mass is 16.5. The summed E-state index contributed by atoms with van der Waals surface area (Å²) in [5.74, 6) is -0.956. The topological polar surface area (TPSA) is 52.6 Å². The van der Waals surface area contributed by atoms with Crippen LogP contribution in [0.2, 0.25) is 0 Å². The molecule has 0 fully saturated rings. The number of hydrogen-bond donors (Lipinski definition) is 0. The largest absolute Gasteiger partial charge is 0.372 e. The standard InChI is InChI=1S/C18H14O4/c19-17(11-1-3-13-7-21-9-15(13)5-11)18(20)12-2-4-14-8-22-10-16(14)6-12/h1-6H,7-10H2. The molecular formula is C18H14O4. The van der Waals surface area contributed by atoms with Crippen LogP contribution in [-0.4, -0.2) is 11.6 Å². The van der Waals surface area contributed by atoms with Crippen molar-refractivity contribution in [1.29, 1.82) is 0 Å². The molecule has 0 amide bonds. The minimum Gasteiger partial charge on any atom is -0.372 e. The van der Waals surface area contributed by atoms with Gasteiger partial charge in [-0.25, -0.2) is 0 Å². The number of benzene rings is 2. The number of carbonyl (C=O) groups excluding carboxylic acids is 2. The second-order valence-corrected chi connectivity index (χ2v) is 5.61. The fourth-order valence-corrected chi connectivity index (χ4v) is 2.89. The zero-order chi connectivity index (χ0) is 15.1. The van der Waals surface area contributed by atoms with Gasteiger partial charge in [-0.3, -0.25) is 9.59 Å². The Bertz CT molecular complexity index is 724. The number of ether oxygens (including phenoxy) is 2. The summed E-state index contributed by atoms with van der Waals surface area (Å²) in [4.78, 5) is 24.8. The van der Waals surface area contributed by atoms with E-state index in [1.807, 2.05) is 12.1 Å². The van der Waals surface area contributed by atoms with Crippen molar-refractivity contribution < 1.29 is 19.1 Å². The van der Waals surface area contributed by atoms with Gasteiger partial charge >= 0.3 is 0 Å². The van der Waals surface area contributed by atoms with Crippen molar-refractivity contribution in [2.24, 2.45) is 0 Å². The molecule has 2 heterocycles. The third-order valence-electron chi connectivity index (χ3n) is 4.17. The zero-order valence-electron chi connectivity index (χ0n) is 11.9. The van der Waals surface area contributed by atoms with Crippen molar-refractivity contribution >= 4 is 11.6 Å². The number of ketones is 2. The van der Waals surface area contributed by atoms with Crippen LogP contribution in [0, 0.1) is 0 Å². The van der Waals surface area contributed by atoms with Crippen LogP contribution in [0.1, 0.15) is 43.0 Å². The zero-order valence-corrected chi connectivity index (χ0v) is 11.9. The van der Waals surface area contributed by atoms with Crippen molar-refractivity contribution in [3.8, 4) is 0 Å². The molecule has 4 rings (SSSR count). The van der Waals surface area contributed by atoms with Gasteiger partial charge in [0.2, 0.25) is 11.6 Å². The van der Waals surface area contributed by atoms with Crippen molar-refractivity contribution in [3.05, 3.63) is 69.8 Å². The molecule has 0 radical (unpaired) electrons. The van der Waals surface area contributed by atoms with Crippen LogP contribution in [-0.2, 0) is 35.9 Å². The maximum Gasteiger partial charge on any atom is 0.233 e. The molecule has 2 aromatic carbocycles. The van der Waals surface area contributed by atoms with Gasteiger partial charge in [-0.1, -0.05) is 24.3 Å². The van der Waals surface area contributed by atoms with Crippen LogP contribution < -0.4 is 0 Å². The maximum absolute atomic E-state index is 12.4. The fourth-order valence-electron chi connectivity index (χ4n) is 2.89. The molecule has 0 unspecified atom stereocenters. The molecule has 0 aliphatic carbocycles. The SMILES string of the molecule is O=C(C(=O)c1ccc2c(c1)COC2)c1ccc2c(c1)COC2. The third kappa shape index (κ3) is 2.17. The molecular weight excluding hydrogens is 280 g/mol. The second-order valence-electron chi connectivity index (χ2n) is 5.61. The number of carbonyl (C=O) groups is 2. The Balaban J connectivity index is 1.63. The van der Waals surface area contributed by atoms with E-state index in [0.29, 0.717) is 37.6 Å². The molecule has 4 nitrogen and oxygen atoms in total. The number of fused-ring (bicyclic) bond motifs is 2. The molecule has 0 spiro atoms. The third-order valence-corrected chi connectivity index (χ3v) is 4.17. The summed E-state index contributed by atoms with van der Waals surface area (Å²) < 4.78 is 10.7. The predicted octanol–water partition coefficient (Wildman–Crippen LogP) is 2.81. The summed E-state index contributed by atoms with van der Waals surface area (Å²) in [6.07, 6.45) is 0. The van der Waals surface area contributed by atoms with Crippen molar-refractivity contribution in [2.45, 2.75) is 26.4 Å². The number of hydrogen-bond acceptors (Lipinski definition) is 4. The van der Waals surface area contributed by atoms with Crippen molar-refractivity contribution in [1.82, 2.24) is 0 Å². The lowest BCUT2D eigenvalue weighted by molar-refractivity contribution is 0.0816. The average Bonchev–Trinajstić information content (AvgIpc) is 3.20. The highest BCUT2D eigenvalue weighted by Crippen LogP contribution is 2.24. The quantitative estimate of drug-likeness (QED) is 0.645. The number of rotatable bonds is 3. The van der Waals surface area contributed by atoms with Gasteiger partial charge < -0.3 is 9.47 Å². The molecule has 0 aromatic heterocycles. The van der Waals surface area contributed by atoms with Gasteiger partial charge in [-0.05, 0) is 34.4 Å². The van der Waals surface area contributed by atoms with Crippen LogP contribution in [0.25, 0.3) is 0 Å². The Morgan fingerprint density at radius 3 is 1.50 bits per heavy atom. The van der Waals surface area contributed by atoms with E-state index in [1.54, 1.807) is 24.3 Å². The Morgan fingerprint density at radius 1 is 0.636 bits per heavy atom. The smallest absolute Gasteiger partial charge is 0.233 e. The summed E-state index contributed by atoms with van der Waals surface area (Å²) in [7, 11) is 0. The van der Waals surface area contributed by atoms with Crippen molar-refractivity contribution in [2.75, 3.05) is 0 Å². The molecule has 0 saturated carbocycles. The molecule has 0 atom stereocenters. The van der Waals surface area contributed by atoms with E-state index < -0.39 is 11.6 Å². The molecule has 0 N–H and O–H groups in total.